The molecule has 0 aromatic heterocycles. The highest BCUT2D eigenvalue weighted by Gasteiger charge is 2.31. The number of hydrogen-bond donors (Lipinski definition) is 1. The first kappa shape index (κ1) is 22.1. The molecule has 0 saturated carbocycles. The molecule has 168 valence electrons. The average molecular weight is 442 g/mol. The van der Waals surface area contributed by atoms with E-state index in [0.717, 1.165) is 42.5 Å². The molecule has 0 aliphatic carbocycles. The van der Waals surface area contributed by atoms with Gasteiger partial charge in [0.05, 0.1) is 5.56 Å². The number of carbonyl (C=O) groups excluding carboxylic acids is 1. The number of likely N-dealkylation sites (tertiary alicyclic amines) is 1. The first-order valence-electron chi connectivity index (χ1n) is 10.6. The van der Waals surface area contributed by atoms with Crippen molar-refractivity contribution in [1.82, 2.24) is 10.2 Å². The summed E-state index contributed by atoms with van der Waals surface area (Å²) in [5.41, 5.74) is -0.112. The number of carbonyl (C=O) groups is 1. The molecule has 0 spiro atoms. The second-order valence-electron chi connectivity index (χ2n) is 8.46. The van der Waals surface area contributed by atoms with Gasteiger partial charge in [0.2, 0.25) is 0 Å². The van der Waals surface area contributed by atoms with Gasteiger partial charge in [-0.2, -0.15) is 13.2 Å². The van der Waals surface area contributed by atoms with Gasteiger partial charge in [-0.05, 0) is 53.9 Å². The molecule has 3 aromatic rings. The third-order valence-electron chi connectivity index (χ3n) is 5.56. The molecule has 1 amide bonds. The summed E-state index contributed by atoms with van der Waals surface area (Å²) in [6, 6.07) is 15.9. The van der Waals surface area contributed by atoms with Crippen molar-refractivity contribution in [2.75, 3.05) is 19.6 Å². The molecule has 1 heterocycles. The predicted molar refractivity (Wildman–Crippen MR) is 118 cm³/mol. The SMILES string of the molecule is CC(C)NCC1CN(C(=O)c2ccc3c(Oc4ccc(C(F)(F)F)cc4)cccc3c2)C1. The van der Waals surface area contributed by atoms with E-state index in [1.54, 1.807) is 18.2 Å². The van der Waals surface area contributed by atoms with Crippen LogP contribution in [-0.2, 0) is 6.18 Å². The monoisotopic (exact) mass is 442 g/mol. The maximum absolute atomic E-state index is 12.8. The van der Waals surface area contributed by atoms with Gasteiger partial charge in [-0.1, -0.05) is 26.0 Å². The number of ether oxygens (including phenoxy) is 1. The lowest BCUT2D eigenvalue weighted by Gasteiger charge is -2.39. The van der Waals surface area contributed by atoms with Crippen LogP contribution in [0.1, 0.15) is 29.8 Å². The van der Waals surface area contributed by atoms with E-state index in [1.807, 2.05) is 23.1 Å². The van der Waals surface area contributed by atoms with E-state index in [4.69, 9.17) is 4.74 Å². The summed E-state index contributed by atoms with van der Waals surface area (Å²) in [6.45, 7) is 6.60. The number of amides is 1. The van der Waals surface area contributed by atoms with Gasteiger partial charge in [-0.25, -0.2) is 0 Å². The van der Waals surface area contributed by atoms with Crippen molar-refractivity contribution in [3.05, 3.63) is 71.8 Å². The average Bonchev–Trinajstić information content (AvgIpc) is 2.72. The van der Waals surface area contributed by atoms with Crippen LogP contribution in [0.4, 0.5) is 13.2 Å². The van der Waals surface area contributed by atoms with Crippen LogP contribution in [0, 0.1) is 5.92 Å². The van der Waals surface area contributed by atoms with Crippen LogP contribution in [0.5, 0.6) is 11.5 Å². The maximum atomic E-state index is 12.8. The number of nitrogens with zero attached hydrogens (tertiary/aromatic N) is 1. The zero-order valence-corrected chi connectivity index (χ0v) is 17.9. The third kappa shape index (κ3) is 4.88. The molecule has 1 saturated heterocycles. The number of fused-ring (bicyclic) bond motifs is 1. The molecule has 4 nitrogen and oxygen atoms in total. The first-order valence-corrected chi connectivity index (χ1v) is 10.6. The Morgan fingerprint density at radius 2 is 1.81 bits per heavy atom. The number of halogens is 3. The quantitative estimate of drug-likeness (QED) is 0.531. The van der Waals surface area contributed by atoms with E-state index >= 15 is 0 Å². The molecule has 3 aromatic carbocycles. The normalized spacial score (nSPS) is 14.6. The smallest absolute Gasteiger partial charge is 0.416 e. The molecule has 0 unspecified atom stereocenters. The Labute approximate surface area is 185 Å². The fraction of sp³-hybridized carbons (Fsp3) is 0.320. The van der Waals surface area contributed by atoms with Crippen molar-refractivity contribution >= 4 is 16.7 Å². The van der Waals surface area contributed by atoms with Crippen molar-refractivity contribution in [2.24, 2.45) is 5.92 Å². The topological polar surface area (TPSA) is 41.6 Å². The highest BCUT2D eigenvalue weighted by Crippen LogP contribution is 2.34. The number of rotatable bonds is 6. The molecular formula is C25H25F3N2O2. The summed E-state index contributed by atoms with van der Waals surface area (Å²) in [5.74, 6) is 1.31. The summed E-state index contributed by atoms with van der Waals surface area (Å²) >= 11 is 0. The lowest BCUT2D eigenvalue weighted by Crippen LogP contribution is -2.53. The van der Waals surface area contributed by atoms with Gasteiger partial charge in [-0.3, -0.25) is 4.79 Å². The van der Waals surface area contributed by atoms with Gasteiger partial charge in [0, 0.05) is 42.5 Å². The number of nitrogens with one attached hydrogen (secondary N) is 1. The van der Waals surface area contributed by atoms with Crippen molar-refractivity contribution < 1.29 is 22.7 Å². The summed E-state index contributed by atoms with van der Waals surface area (Å²) in [4.78, 5) is 14.7. The Hall–Kier alpha value is -3.06. The summed E-state index contributed by atoms with van der Waals surface area (Å²) in [6.07, 6.45) is -4.39. The summed E-state index contributed by atoms with van der Waals surface area (Å²) in [7, 11) is 0. The first-order chi connectivity index (χ1) is 15.2. The second kappa shape index (κ2) is 8.82. The van der Waals surface area contributed by atoms with Crippen LogP contribution in [0.15, 0.2) is 60.7 Å². The van der Waals surface area contributed by atoms with E-state index in [-0.39, 0.29) is 5.91 Å². The fourth-order valence-electron chi connectivity index (χ4n) is 3.76. The Kier molecular flexibility index (Phi) is 6.11. The minimum Gasteiger partial charge on any atom is -0.457 e. The largest absolute Gasteiger partial charge is 0.457 e. The molecule has 32 heavy (non-hydrogen) atoms. The minimum absolute atomic E-state index is 0.00163. The number of benzene rings is 3. The van der Waals surface area contributed by atoms with E-state index in [9.17, 15) is 18.0 Å². The van der Waals surface area contributed by atoms with Crippen LogP contribution in [0.25, 0.3) is 10.8 Å². The summed E-state index contributed by atoms with van der Waals surface area (Å²) in [5, 5.41) is 5.02. The lowest BCUT2D eigenvalue weighted by atomic mass is 9.97. The van der Waals surface area contributed by atoms with Gasteiger partial charge < -0.3 is 15.0 Å². The van der Waals surface area contributed by atoms with Gasteiger partial charge >= 0.3 is 6.18 Å². The van der Waals surface area contributed by atoms with E-state index in [1.165, 1.54) is 12.1 Å². The van der Waals surface area contributed by atoms with Crippen LogP contribution in [0.3, 0.4) is 0 Å². The number of hydrogen-bond acceptors (Lipinski definition) is 3. The van der Waals surface area contributed by atoms with Crippen LogP contribution < -0.4 is 10.1 Å². The Morgan fingerprint density at radius 3 is 2.47 bits per heavy atom. The van der Waals surface area contributed by atoms with Gasteiger partial charge in [0.15, 0.2) is 0 Å². The zero-order valence-electron chi connectivity index (χ0n) is 17.9. The van der Waals surface area contributed by atoms with E-state index in [2.05, 4.69) is 19.2 Å². The Balaban J connectivity index is 1.46. The molecule has 1 aliphatic heterocycles. The molecule has 7 heteroatoms. The molecule has 0 atom stereocenters. The van der Waals surface area contributed by atoms with Crippen molar-refractivity contribution in [2.45, 2.75) is 26.1 Å². The molecule has 0 bridgehead atoms. The van der Waals surface area contributed by atoms with Gasteiger partial charge in [0.1, 0.15) is 11.5 Å². The Morgan fingerprint density at radius 1 is 1.09 bits per heavy atom. The second-order valence-corrected chi connectivity index (χ2v) is 8.46. The van der Waals surface area contributed by atoms with Crippen LogP contribution in [-0.4, -0.2) is 36.5 Å². The highest BCUT2D eigenvalue weighted by molar-refractivity contribution is 6.00. The molecule has 0 radical (unpaired) electrons. The molecule has 1 aliphatic rings. The van der Waals surface area contributed by atoms with Crippen molar-refractivity contribution in [1.29, 1.82) is 0 Å². The third-order valence-corrected chi connectivity index (χ3v) is 5.56. The van der Waals surface area contributed by atoms with Crippen LogP contribution in [0.2, 0.25) is 0 Å². The maximum Gasteiger partial charge on any atom is 0.416 e. The standard InChI is InChI=1S/C25H25F3N2O2/c1-16(2)29-13-17-14-30(15-17)24(31)19-6-11-22-18(12-19)4-3-5-23(22)32-21-9-7-20(8-10-21)25(26,27)28/h3-12,16-17,29H,13-15H2,1-2H3. The van der Waals surface area contributed by atoms with Crippen LogP contribution >= 0.6 is 0 Å². The van der Waals surface area contributed by atoms with E-state index in [0.29, 0.717) is 29.0 Å². The van der Waals surface area contributed by atoms with Gasteiger partial charge in [0.25, 0.3) is 5.91 Å². The number of alkyl halides is 3. The highest BCUT2D eigenvalue weighted by atomic mass is 19.4. The molecular weight excluding hydrogens is 417 g/mol. The van der Waals surface area contributed by atoms with Crippen molar-refractivity contribution in [3.63, 3.8) is 0 Å². The predicted octanol–water partition coefficient (Wildman–Crippen LogP) is 5.72. The van der Waals surface area contributed by atoms with E-state index < -0.39 is 11.7 Å². The molecule has 4 rings (SSSR count). The zero-order chi connectivity index (χ0) is 22.9. The molecule has 1 fully saturated rings. The van der Waals surface area contributed by atoms with Gasteiger partial charge in [-0.15, -0.1) is 0 Å². The molecule has 1 N–H and O–H groups in total. The minimum atomic E-state index is -4.39. The lowest BCUT2D eigenvalue weighted by molar-refractivity contribution is -0.137. The fourth-order valence-corrected chi connectivity index (χ4v) is 3.76. The summed E-state index contributed by atoms with van der Waals surface area (Å²) < 4.78 is 44.1. The Bertz CT molecular complexity index is 1100. The van der Waals surface area contributed by atoms with Crippen molar-refractivity contribution in [3.8, 4) is 11.5 Å².